The van der Waals surface area contributed by atoms with Crippen LogP contribution in [0.25, 0.3) is 0 Å². The summed E-state index contributed by atoms with van der Waals surface area (Å²) in [6.07, 6.45) is 9.55. The summed E-state index contributed by atoms with van der Waals surface area (Å²) < 4.78 is 0. The molecule has 0 bridgehead atoms. The molecule has 1 aliphatic heterocycles. The zero-order valence-corrected chi connectivity index (χ0v) is 8.71. The quantitative estimate of drug-likeness (QED) is 0.669. The Hall–Kier alpha value is -0.340. The summed E-state index contributed by atoms with van der Waals surface area (Å²) in [5.41, 5.74) is 5.41. The molecule has 0 aromatic heterocycles. The van der Waals surface area contributed by atoms with Crippen molar-refractivity contribution in [2.45, 2.75) is 25.7 Å². The molecule has 2 nitrogen and oxygen atoms in total. The second-order valence-corrected chi connectivity index (χ2v) is 4.03. The standard InChI is InChI=1S/C11H22N2/c1-13-9-6-11(7-10-13)5-3-2-4-8-12/h2-3,11H,4-10,12H2,1H3/b3-2-. The topological polar surface area (TPSA) is 29.3 Å². The first kappa shape index (κ1) is 10.7. The van der Waals surface area contributed by atoms with Gasteiger partial charge in [0.05, 0.1) is 0 Å². The lowest BCUT2D eigenvalue weighted by Crippen LogP contribution is -2.29. The monoisotopic (exact) mass is 182 g/mol. The van der Waals surface area contributed by atoms with Crippen molar-refractivity contribution >= 4 is 0 Å². The van der Waals surface area contributed by atoms with Crippen molar-refractivity contribution in [2.75, 3.05) is 26.7 Å². The first-order valence-corrected chi connectivity index (χ1v) is 5.36. The highest BCUT2D eigenvalue weighted by atomic mass is 15.1. The van der Waals surface area contributed by atoms with Crippen LogP contribution in [0, 0.1) is 5.92 Å². The van der Waals surface area contributed by atoms with Gasteiger partial charge in [-0.3, -0.25) is 0 Å². The molecule has 1 rings (SSSR count). The van der Waals surface area contributed by atoms with Crippen molar-refractivity contribution in [1.82, 2.24) is 4.90 Å². The molecule has 0 spiro atoms. The van der Waals surface area contributed by atoms with Gasteiger partial charge in [0.1, 0.15) is 0 Å². The molecule has 2 N–H and O–H groups in total. The summed E-state index contributed by atoms with van der Waals surface area (Å²) in [7, 11) is 2.21. The number of allylic oxidation sites excluding steroid dienone is 1. The minimum atomic E-state index is 0.782. The largest absolute Gasteiger partial charge is 0.330 e. The molecule has 0 aliphatic carbocycles. The smallest absolute Gasteiger partial charge is 0.00190 e. The molecule has 0 amide bonds. The molecule has 1 heterocycles. The number of nitrogens with two attached hydrogens (primary N) is 1. The molecule has 0 aromatic rings. The summed E-state index contributed by atoms with van der Waals surface area (Å²) in [5.74, 6) is 0.922. The Morgan fingerprint density at radius 3 is 2.62 bits per heavy atom. The molecule has 1 saturated heterocycles. The van der Waals surface area contributed by atoms with E-state index in [0.717, 1.165) is 18.9 Å². The van der Waals surface area contributed by atoms with Crippen LogP contribution in [0.2, 0.25) is 0 Å². The molecule has 0 atom stereocenters. The van der Waals surface area contributed by atoms with E-state index in [1.807, 2.05) is 0 Å². The molecule has 0 radical (unpaired) electrons. The van der Waals surface area contributed by atoms with Crippen LogP contribution in [-0.2, 0) is 0 Å². The maximum atomic E-state index is 5.41. The van der Waals surface area contributed by atoms with Crippen molar-refractivity contribution in [1.29, 1.82) is 0 Å². The van der Waals surface area contributed by atoms with Crippen LogP contribution in [0.15, 0.2) is 12.2 Å². The predicted molar refractivity (Wildman–Crippen MR) is 57.6 cm³/mol. The number of hydrogen-bond donors (Lipinski definition) is 1. The van der Waals surface area contributed by atoms with Crippen LogP contribution < -0.4 is 5.73 Å². The second-order valence-electron chi connectivity index (χ2n) is 4.03. The Bertz CT molecular complexity index is 146. The second kappa shape index (κ2) is 6.17. The maximum absolute atomic E-state index is 5.41. The molecular weight excluding hydrogens is 160 g/mol. The van der Waals surface area contributed by atoms with Crippen LogP contribution >= 0.6 is 0 Å². The molecule has 0 aromatic carbocycles. The van der Waals surface area contributed by atoms with E-state index in [9.17, 15) is 0 Å². The zero-order chi connectivity index (χ0) is 9.52. The predicted octanol–water partition coefficient (Wildman–Crippen LogP) is 1.62. The van der Waals surface area contributed by atoms with Crippen LogP contribution in [0.3, 0.4) is 0 Å². The average molecular weight is 182 g/mol. The normalized spacial score (nSPS) is 21.4. The van der Waals surface area contributed by atoms with Gasteiger partial charge < -0.3 is 10.6 Å². The van der Waals surface area contributed by atoms with E-state index < -0.39 is 0 Å². The Labute approximate surface area is 81.8 Å². The van der Waals surface area contributed by atoms with Crippen LogP contribution in [0.1, 0.15) is 25.7 Å². The fraction of sp³-hybridized carbons (Fsp3) is 0.818. The van der Waals surface area contributed by atoms with Gasteiger partial charge in [-0.05, 0) is 58.3 Å². The van der Waals surface area contributed by atoms with Gasteiger partial charge in [0, 0.05) is 0 Å². The third kappa shape index (κ3) is 4.44. The van der Waals surface area contributed by atoms with Gasteiger partial charge in [0.15, 0.2) is 0 Å². The fourth-order valence-corrected chi connectivity index (χ4v) is 1.80. The lowest BCUT2D eigenvalue weighted by atomic mass is 9.94. The van der Waals surface area contributed by atoms with Crippen molar-refractivity contribution in [2.24, 2.45) is 11.7 Å². The molecule has 1 aliphatic rings. The summed E-state index contributed by atoms with van der Waals surface area (Å²) in [6.45, 7) is 3.33. The maximum Gasteiger partial charge on any atom is -0.00190 e. The highest BCUT2D eigenvalue weighted by molar-refractivity contribution is 4.85. The minimum absolute atomic E-state index is 0.782. The first-order valence-electron chi connectivity index (χ1n) is 5.36. The zero-order valence-electron chi connectivity index (χ0n) is 8.71. The minimum Gasteiger partial charge on any atom is -0.330 e. The van der Waals surface area contributed by atoms with Crippen molar-refractivity contribution in [3.8, 4) is 0 Å². The molecule has 13 heavy (non-hydrogen) atoms. The fourth-order valence-electron chi connectivity index (χ4n) is 1.80. The highest BCUT2D eigenvalue weighted by Crippen LogP contribution is 2.19. The number of likely N-dealkylation sites (tertiary alicyclic amines) is 1. The van der Waals surface area contributed by atoms with Gasteiger partial charge in [0.25, 0.3) is 0 Å². The van der Waals surface area contributed by atoms with Crippen molar-refractivity contribution in [3.63, 3.8) is 0 Å². The van der Waals surface area contributed by atoms with E-state index in [2.05, 4.69) is 24.1 Å². The van der Waals surface area contributed by atoms with E-state index in [-0.39, 0.29) is 0 Å². The van der Waals surface area contributed by atoms with E-state index in [1.54, 1.807) is 0 Å². The molecule has 0 saturated carbocycles. The van der Waals surface area contributed by atoms with Gasteiger partial charge in [-0.25, -0.2) is 0 Å². The highest BCUT2D eigenvalue weighted by Gasteiger charge is 2.14. The molecular formula is C11H22N2. The van der Waals surface area contributed by atoms with Gasteiger partial charge >= 0.3 is 0 Å². The van der Waals surface area contributed by atoms with E-state index >= 15 is 0 Å². The SMILES string of the molecule is CN1CCC(C/C=C\CCN)CC1. The van der Waals surface area contributed by atoms with E-state index in [1.165, 1.54) is 32.4 Å². The number of nitrogens with zero attached hydrogens (tertiary/aromatic N) is 1. The lowest BCUT2D eigenvalue weighted by Gasteiger charge is -2.28. The first-order chi connectivity index (χ1) is 6.33. The summed E-state index contributed by atoms with van der Waals surface area (Å²) in [5, 5.41) is 0. The number of piperidine rings is 1. The van der Waals surface area contributed by atoms with Crippen LogP contribution in [0.5, 0.6) is 0 Å². The van der Waals surface area contributed by atoms with Gasteiger partial charge in [0.2, 0.25) is 0 Å². The number of rotatable bonds is 4. The lowest BCUT2D eigenvalue weighted by molar-refractivity contribution is 0.220. The van der Waals surface area contributed by atoms with Gasteiger partial charge in [-0.1, -0.05) is 12.2 Å². The molecule has 1 fully saturated rings. The Kier molecular flexibility index (Phi) is 5.09. The van der Waals surface area contributed by atoms with Crippen molar-refractivity contribution in [3.05, 3.63) is 12.2 Å². The summed E-state index contributed by atoms with van der Waals surface area (Å²) >= 11 is 0. The van der Waals surface area contributed by atoms with Gasteiger partial charge in [-0.2, -0.15) is 0 Å². The van der Waals surface area contributed by atoms with E-state index in [4.69, 9.17) is 5.73 Å². The molecule has 2 heteroatoms. The van der Waals surface area contributed by atoms with E-state index in [0.29, 0.717) is 0 Å². The third-order valence-corrected chi connectivity index (χ3v) is 2.81. The average Bonchev–Trinajstić information content (AvgIpc) is 2.15. The summed E-state index contributed by atoms with van der Waals surface area (Å²) in [4.78, 5) is 2.42. The van der Waals surface area contributed by atoms with Crippen LogP contribution in [0.4, 0.5) is 0 Å². The Balaban J connectivity index is 2.08. The Morgan fingerprint density at radius 1 is 1.31 bits per heavy atom. The Morgan fingerprint density at radius 2 is 2.00 bits per heavy atom. The molecule has 0 unspecified atom stereocenters. The molecule has 76 valence electrons. The third-order valence-electron chi connectivity index (χ3n) is 2.81. The van der Waals surface area contributed by atoms with Crippen LogP contribution in [-0.4, -0.2) is 31.6 Å². The van der Waals surface area contributed by atoms with Crippen molar-refractivity contribution < 1.29 is 0 Å². The summed E-state index contributed by atoms with van der Waals surface area (Å²) in [6, 6.07) is 0. The van der Waals surface area contributed by atoms with Gasteiger partial charge in [-0.15, -0.1) is 0 Å². The number of hydrogen-bond acceptors (Lipinski definition) is 2.